The van der Waals surface area contributed by atoms with Crippen LogP contribution in [0.25, 0.3) is 11.4 Å². The maximum atomic E-state index is 12.4. The fraction of sp³-hybridized carbons (Fsp3) is 0.211. The molecule has 1 N–H and O–H groups in total. The van der Waals surface area contributed by atoms with Crippen molar-refractivity contribution in [2.75, 3.05) is 6.61 Å². The molecule has 3 rings (SSSR count). The molecule has 3 aromatic rings. The van der Waals surface area contributed by atoms with Gasteiger partial charge < -0.3 is 14.6 Å². The summed E-state index contributed by atoms with van der Waals surface area (Å²) in [7, 11) is 0. The lowest BCUT2D eigenvalue weighted by Crippen LogP contribution is -2.23. The summed E-state index contributed by atoms with van der Waals surface area (Å²) in [6.07, 6.45) is 0. The van der Waals surface area contributed by atoms with Gasteiger partial charge in [0.05, 0.1) is 18.7 Å². The average Bonchev–Trinajstić information content (AvgIpc) is 3.09. The Bertz CT molecular complexity index is 874. The van der Waals surface area contributed by atoms with Crippen molar-refractivity contribution in [3.63, 3.8) is 0 Å². The second kappa shape index (κ2) is 7.61. The topological polar surface area (TPSA) is 77.2 Å². The van der Waals surface area contributed by atoms with Gasteiger partial charge in [-0.3, -0.25) is 4.79 Å². The van der Waals surface area contributed by atoms with Crippen molar-refractivity contribution in [1.29, 1.82) is 0 Å². The van der Waals surface area contributed by atoms with E-state index in [1.165, 1.54) is 0 Å². The highest BCUT2D eigenvalue weighted by Crippen LogP contribution is 2.20. The largest absolute Gasteiger partial charge is 0.493 e. The number of hydrogen-bond acceptors (Lipinski definition) is 5. The fourth-order valence-corrected chi connectivity index (χ4v) is 2.45. The van der Waals surface area contributed by atoms with Crippen LogP contribution >= 0.6 is 0 Å². The Morgan fingerprint density at radius 3 is 2.72 bits per heavy atom. The van der Waals surface area contributed by atoms with Gasteiger partial charge in [-0.15, -0.1) is 0 Å². The monoisotopic (exact) mass is 337 g/mol. The second-order valence-corrected chi connectivity index (χ2v) is 5.44. The lowest BCUT2D eigenvalue weighted by Gasteiger charge is -2.09. The fourth-order valence-electron chi connectivity index (χ4n) is 2.45. The Morgan fingerprint density at radius 2 is 1.92 bits per heavy atom. The molecular weight excluding hydrogens is 318 g/mol. The maximum absolute atomic E-state index is 12.4. The summed E-state index contributed by atoms with van der Waals surface area (Å²) in [4.78, 5) is 16.7. The van der Waals surface area contributed by atoms with Gasteiger partial charge in [0.1, 0.15) is 5.75 Å². The summed E-state index contributed by atoms with van der Waals surface area (Å²) in [6, 6.07) is 14.9. The van der Waals surface area contributed by atoms with Crippen LogP contribution < -0.4 is 10.1 Å². The Morgan fingerprint density at radius 1 is 1.16 bits per heavy atom. The van der Waals surface area contributed by atoms with E-state index in [0.29, 0.717) is 29.6 Å². The Labute approximate surface area is 145 Å². The molecule has 25 heavy (non-hydrogen) atoms. The van der Waals surface area contributed by atoms with Crippen LogP contribution in [0.4, 0.5) is 0 Å². The molecule has 0 saturated heterocycles. The lowest BCUT2D eigenvalue weighted by atomic mass is 10.1. The SMILES string of the molecule is CCOc1ccccc1C(=O)NCc1nc(-c2ccccc2C)no1. The van der Waals surface area contributed by atoms with Crippen LogP contribution in [0.2, 0.25) is 0 Å². The van der Waals surface area contributed by atoms with Gasteiger partial charge in [0.25, 0.3) is 5.91 Å². The van der Waals surface area contributed by atoms with Gasteiger partial charge in [0.15, 0.2) is 0 Å². The van der Waals surface area contributed by atoms with Gasteiger partial charge in [0, 0.05) is 5.56 Å². The molecule has 0 atom stereocenters. The molecule has 0 unspecified atom stereocenters. The molecule has 2 aromatic carbocycles. The van der Waals surface area contributed by atoms with Crippen LogP contribution in [-0.2, 0) is 6.54 Å². The number of carbonyl (C=O) groups excluding carboxylic acids is 1. The van der Waals surface area contributed by atoms with Gasteiger partial charge >= 0.3 is 0 Å². The molecule has 0 aliphatic carbocycles. The third-order valence-electron chi connectivity index (χ3n) is 3.69. The van der Waals surface area contributed by atoms with E-state index in [4.69, 9.17) is 9.26 Å². The molecule has 0 saturated carbocycles. The number of aryl methyl sites for hydroxylation is 1. The van der Waals surface area contributed by atoms with Crippen molar-refractivity contribution >= 4 is 5.91 Å². The molecule has 0 fully saturated rings. The first-order chi connectivity index (χ1) is 12.2. The molecule has 1 amide bonds. The van der Waals surface area contributed by atoms with Crippen molar-refractivity contribution in [1.82, 2.24) is 15.5 Å². The van der Waals surface area contributed by atoms with Crippen LogP contribution in [-0.4, -0.2) is 22.7 Å². The number of nitrogens with one attached hydrogen (secondary N) is 1. The van der Waals surface area contributed by atoms with Crippen LogP contribution in [0.5, 0.6) is 5.75 Å². The first-order valence-corrected chi connectivity index (χ1v) is 8.07. The molecule has 0 spiro atoms. The van der Waals surface area contributed by atoms with E-state index < -0.39 is 0 Å². The summed E-state index contributed by atoms with van der Waals surface area (Å²) in [5, 5.41) is 6.76. The van der Waals surface area contributed by atoms with Gasteiger partial charge in [-0.2, -0.15) is 4.98 Å². The minimum atomic E-state index is -0.250. The van der Waals surface area contributed by atoms with E-state index in [2.05, 4.69) is 15.5 Å². The molecular formula is C19H19N3O3. The quantitative estimate of drug-likeness (QED) is 0.746. The highest BCUT2D eigenvalue weighted by atomic mass is 16.5. The van der Waals surface area contributed by atoms with Crippen molar-refractivity contribution in [3.8, 4) is 17.1 Å². The highest BCUT2D eigenvalue weighted by molar-refractivity contribution is 5.96. The highest BCUT2D eigenvalue weighted by Gasteiger charge is 2.14. The summed E-state index contributed by atoms with van der Waals surface area (Å²) >= 11 is 0. The maximum Gasteiger partial charge on any atom is 0.255 e. The zero-order valence-electron chi connectivity index (χ0n) is 14.2. The molecule has 128 valence electrons. The number of carbonyl (C=O) groups is 1. The minimum absolute atomic E-state index is 0.151. The number of ether oxygens (including phenoxy) is 1. The molecule has 6 heteroatoms. The molecule has 1 aromatic heterocycles. The van der Waals surface area contributed by atoms with E-state index in [9.17, 15) is 4.79 Å². The number of nitrogens with zero attached hydrogens (tertiary/aromatic N) is 2. The lowest BCUT2D eigenvalue weighted by molar-refractivity contribution is 0.0942. The van der Waals surface area contributed by atoms with E-state index in [0.717, 1.165) is 11.1 Å². The Kier molecular flexibility index (Phi) is 5.09. The van der Waals surface area contributed by atoms with E-state index in [-0.39, 0.29) is 12.5 Å². The molecule has 0 aliphatic heterocycles. The normalized spacial score (nSPS) is 10.5. The number of aromatic nitrogens is 2. The van der Waals surface area contributed by atoms with Gasteiger partial charge in [-0.1, -0.05) is 41.6 Å². The zero-order valence-corrected chi connectivity index (χ0v) is 14.2. The first-order valence-electron chi connectivity index (χ1n) is 8.07. The van der Waals surface area contributed by atoms with Crippen LogP contribution in [0.1, 0.15) is 28.7 Å². The smallest absolute Gasteiger partial charge is 0.255 e. The standard InChI is InChI=1S/C19H19N3O3/c1-3-24-16-11-7-6-10-15(16)19(23)20-12-17-21-18(22-25-17)14-9-5-4-8-13(14)2/h4-11H,3,12H2,1-2H3,(H,20,23). The van der Waals surface area contributed by atoms with Gasteiger partial charge in [-0.25, -0.2) is 0 Å². The predicted molar refractivity (Wildman–Crippen MR) is 93.3 cm³/mol. The van der Waals surface area contributed by atoms with Crippen molar-refractivity contribution in [2.24, 2.45) is 0 Å². The zero-order chi connectivity index (χ0) is 17.6. The number of amides is 1. The number of rotatable bonds is 6. The summed E-state index contributed by atoms with van der Waals surface area (Å²) < 4.78 is 10.7. The average molecular weight is 337 g/mol. The Balaban J connectivity index is 1.69. The minimum Gasteiger partial charge on any atom is -0.493 e. The molecule has 0 radical (unpaired) electrons. The first kappa shape index (κ1) is 16.7. The second-order valence-electron chi connectivity index (χ2n) is 5.44. The molecule has 0 aliphatic rings. The van der Waals surface area contributed by atoms with Crippen LogP contribution in [0.3, 0.4) is 0 Å². The molecule has 1 heterocycles. The van der Waals surface area contributed by atoms with E-state index in [1.54, 1.807) is 18.2 Å². The predicted octanol–water partition coefficient (Wildman–Crippen LogP) is 3.37. The van der Waals surface area contributed by atoms with Crippen molar-refractivity contribution < 1.29 is 14.1 Å². The third-order valence-corrected chi connectivity index (χ3v) is 3.69. The van der Waals surface area contributed by atoms with Gasteiger partial charge in [-0.05, 0) is 31.5 Å². The van der Waals surface area contributed by atoms with Gasteiger partial charge in [0.2, 0.25) is 11.7 Å². The van der Waals surface area contributed by atoms with E-state index in [1.807, 2.05) is 44.2 Å². The van der Waals surface area contributed by atoms with Crippen LogP contribution in [0.15, 0.2) is 53.1 Å². The Hall–Kier alpha value is -3.15. The van der Waals surface area contributed by atoms with Crippen molar-refractivity contribution in [3.05, 3.63) is 65.5 Å². The number of benzene rings is 2. The summed E-state index contributed by atoms with van der Waals surface area (Å²) in [5.41, 5.74) is 2.44. The summed E-state index contributed by atoms with van der Waals surface area (Å²) in [5.74, 6) is 1.16. The van der Waals surface area contributed by atoms with E-state index >= 15 is 0 Å². The third kappa shape index (κ3) is 3.85. The number of hydrogen-bond donors (Lipinski definition) is 1. The van der Waals surface area contributed by atoms with Crippen LogP contribution in [0, 0.1) is 6.92 Å². The number of para-hydroxylation sites is 1. The molecule has 0 bridgehead atoms. The molecule has 6 nitrogen and oxygen atoms in total. The van der Waals surface area contributed by atoms with Crippen molar-refractivity contribution in [2.45, 2.75) is 20.4 Å². The summed E-state index contributed by atoms with van der Waals surface area (Å²) in [6.45, 7) is 4.50.